The fourth-order valence-electron chi connectivity index (χ4n) is 2.35. The van der Waals surface area contributed by atoms with Crippen LogP contribution in [-0.2, 0) is 13.1 Å². The molecule has 0 fully saturated rings. The molecule has 6 nitrogen and oxygen atoms in total. The number of hydrogen-bond donors (Lipinski definition) is 2. The van der Waals surface area contributed by atoms with Gasteiger partial charge in [0.1, 0.15) is 0 Å². The Labute approximate surface area is 138 Å². The van der Waals surface area contributed by atoms with E-state index < -0.39 is 0 Å². The molecule has 120 valence electrons. The normalized spacial score (nSPS) is 11.3. The number of fused-ring (bicyclic) bond motifs is 1. The first-order valence-electron chi connectivity index (χ1n) is 7.26. The smallest absolute Gasteiger partial charge is 0.255 e. The average Bonchev–Trinajstić information content (AvgIpc) is 3.10. The largest absolute Gasteiger partial charge is 0.399 e. The van der Waals surface area contributed by atoms with E-state index in [2.05, 4.69) is 27.4 Å². The summed E-state index contributed by atoms with van der Waals surface area (Å²) in [5.74, 6) is -0.145. The zero-order valence-corrected chi connectivity index (χ0v) is 13.9. The van der Waals surface area contributed by atoms with Crippen molar-refractivity contribution in [1.29, 1.82) is 0 Å². The Morgan fingerprint density at radius 2 is 2.13 bits per heavy atom. The Kier molecular flexibility index (Phi) is 4.31. The lowest BCUT2D eigenvalue weighted by molar-refractivity contribution is 0.0953. The van der Waals surface area contributed by atoms with Crippen molar-refractivity contribution in [1.82, 2.24) is 19.8 Å². The van der Waals surface area contributed by atoms with Gasteiger partial charge in [-0.1, -0.05) is 0 Å². The van der Waals surface area contributed by atoms with E-state index in [9.17, 15) is 4.79 Å². The second kappa shape index (κ2) is 6.39. The number of rotatable bonds is 5. The first-order chi connectivity index (χ1) is 11.0. The molecule has 0 saturated heterocycles. The van der Waals surface area contributed by atoms with Crippen molar-refractivity contribution in [3.63, 3.8) is 0 Å². The molecule has 1 amide bonds. The summed E-state index contributed by atoms with van der Waals surface area (Å²) in [5.41, 5.74) is 7.63. The molecular weight excluding hydrogens is 310 g/mol. The third-order valence-corrected chi connectivity index (χ3v) is 4.47. The van der Waals surface area contributed by atoms with Gasteiger partial charge in [0.2, 0.25) is 0 Å². The van der Waals surface area contributed by atoms with Crippen LogP contribution in [0.3, 0.4) is 0 Å². The summed E-state index contributed by atoms with van der Waals surface area (Å²) in [6.45, 7) is 1.42. The molecule has 0 unspecified atom stereocenters. The Hall–Kier alpha value is -2.38. The van der Waals surface area contributed by atoms with Crippen LogP contribution in [0, 0.1) is 0 Å². The maximum Gasteiger partial charge on any atom is 0.255 e. The van der Waals surface area contributed by atoms with E-state index in [1.807, 2.05) is 14.1 Å². The Morgan fingerprint density at radius 1 is 1.35 bits per heavy atom. The van der Waals surface area contributed by atoms with Crippen LogP contribution in [-0.4, -0.2) is 34.5 Å². The lowest BCUT2D eigenvalue weighted by Gasteiger charge is -2.06. The maximum atomic E-state index is 12.4. The van der Waals surface area contributed by atoms with Gasteiger partial charge in [-0.05, 0) is 38.4 Å². The third-order valence-electron chi connectivity index (χ3n) is 3.40. The molecular formula is C16H19N5OS. The van der Waals surface area contributed by atoms with Crippen LogP contribution >= 0.6 is 11.3 Å². The highest BCUT2D eigenvalue weighted by Gasteiger charge is 2.13. The number of thiophene rings is 1. The van der Waals surface area contributed by atoms with E-state index >= 15 is 0 Å². The summed E-state index contributed by atoms with van der Waals surface area (Å²) in [6, 6.07) is 7.65. The minimum absolute atomic E-state index is 0.145. The number of aromatic nitrogens is 2. The molecule has 0 aliphatic rings. The van der Waals surface area contributed by atoms with Gasteiger partial charge in [-0.2, -0.15) is 5.10 Å². The number of nitrogens with zero attached hydrogens (tertiary/aromatic N) is 3. The molecule has 0 atom stereocenters. The van der Waals surface area contributed by atoms with E-state index in [4.69, 9.17) is 5.73 Å². The number of pyridine rings is 1. The van der Waals surface area contributed by atoms with Gasteiger partial charge in [-0.15, -0.1) is 11.3 Å². The number of nitrogen functional groups attached to an aromatic ring is 1. The monoisotopic (exact) mass is 329 g/mol. The molecule has 0 spiro atoms. The molecule has 7 heteroatoms. The van der Waals surface area contributed by atoms with Gasteiger partial charge in [0.05, 0.1) is 23.8 Å². The molecule has 3 heterocycles. The molecule has 0 bridgehead atoms. The molecule has 3 aromatic rings. The molecule has 0 aliphatic heterocycles. The van der Waals surface area contributed by atoms with E-state index in [0.29, 0.717) is 23.3 Å². The Balaban J connectivity index is 1.69. The first-order valence-corrected chi connectivity index (χ1v) is 8.08. The van der Waals surface area contributed by atoms with Crippen LogP contribution < -0.4 is 11.1 Å². The van der Waals surface area contributed by atoms with Gasteiger partial charge in [0, 0.05) is 28.2 Å². The topological polar surface area (TPSA) is 75.7 Å². The predicted molar refractivity (Wildman–Crippen MR) is 92.5 cm³/mol. The predicted octanol–water partition coefficient (Wildman–Crippen LogP) is 1.97. The fraction of sp³-hybridized carbons (Fsp3) is 0.250. The van der Waals surface area contributed by atoms with Gasteiger partial charge in [0.15, 0.2) is 0 Å². The molecule has 3 aromatic heterocycles. The minimum atomic E-state index is -0.145. The van der Waals surface area contributed by atoms with Gasteiger partial charge in [-0.25, -0.2) is 4.52 Å². The van der Waals surface area contributed by atoms with E-state index in [-0.39, 0.29) is 5.91 Å². The summed E-state index contributed by atoms with van der Waals surface area (Å²) >= 11 is 1.71. The third kappa shape index (κ3) is 3.52. The quantitative estimate of drug-likeness (QED) is 0.750. The summed E-state index contributed by atoms with van der Waals surface area (Å²) in [6.07, 6.45) is 3.31. The Bertz CT molecular complexity index is 836. The Morgan fingerprint density at radius 3 is 2.91 bits per heavy atom. The average molecular weight is 329 g/mol. The maximum absolute atomic E-state index is 12.4. The highest BCUT2D eigenvalue weighted by molar-refractivity contribution is 7.11. The minimum Gasteiger partial charge on any atom is -0.399 e. The van der Waals surface area contributed by atoms with E-state index in [0.717, 1.165) is 11.4 Å². The fourth-order valence-corrected chi connectivity index (χ4v) is 3.42. The van der Waals surface area contributed by atoms with Crippen LogP contribution in [0.5, 0.6) is 0 Å². The number of nitrogens with two attached hydrogens (primary N) is 1. The highest BCUT2D eigenvalue weighted by Crippen LogP contribution is 2.18. The summed E-state index contributed by atoms with van der Waals surface area (Å²) in [7, 11) is 4.08. The van der Waals surface area contributed by atoms with E-state index in [1.165, 1.54) is 4.88 Å². The van der Waals surface area contributed by atoms with Gasteiger partial charge in [0.25, 0.3) is 5.91 Å². The SMILES string of the molecule is CN(C)Cc1ccc(CNC(=O)c2cnn3ccc(N)cc23)s1. The molecule has 3 rings (SSSR count). The van der Waals surface area contributed by atoms with Crippen LogP contribution in [0.1, 0.15) is 20.1 Å². The summed E-state index contributed by atoms with van der Waals surface area (Å²) in [5, 5.41) is 7.11. The van der Waals surface area contributed by atoms with Crippen LogP contribution in [0.15, 0.2) is 36.7 Å². The molecule has 3 N–H and O–H groups in total. The molecule has 0 radical (unpaired) electrons. The zero-order valence-electron chi connectivity index (χ0n) is 13.1. The summed E-state index contributed by atoms with van der Waals surface area (Å²) < 4.78 is 1.64. The lowest BCUT2D eigenvalue weighted by atomic mass is 10.2. The van der Waals surface area contributed by atoms with Crippen molar-refractivity contribution in [2.45, 2.75) is 13.1 Å². The number of carbonyl (C=O) groups is 1. The molecule has 0 saturated carbocycles. The first kappa shape index (κ1) is 15.5. The van der Waals surface area contributed by atoms with Gasteiger partial charge < -0.3 is 16.0 Å². The molecule has 0 aromatic carbocycles. The molecule has 23 heavy (non-hydrogen) atoms. The zero-order chi connectivity index (χ0) is 16.4. The van der Waals surface area contributed by atoms with E-state index in [1.54, 1.807) is 40.4 Å². The van der Waals surface area contributed by atoms with Crippen molar-refractivity contribution < 1.29 is 4.79 Å². The standard InChI is InChI=1S/C16H19N5OS/c1-20(2)10-13-4-3-12(23-13)8-18-16(22)14-9-19-21-6-5-11(17)7-15(14)21/h3-7,9H,8,10,17H2,1-2H3,(H,18,22). The number of amides is 1. The number of nitrogens with one attached hydrogen (secondary N) is 1. The van der Waals surface area contributed by atoms with Crippen molar-refractivity contribution in [3.05, 3.63) is 52.0 Å². The van der Waals surface area contributed by atoms with Gasteiger partial charge >= 0.3 is 0 Å². The van der Waals surface area contributed by atoms with Gasteiger partial charge in [-0.3, -0.25) is 4.79 Å². The van der Waals surface area contributed by atoms with Crippen molar-refractivity contribution >= 4 is 28.4 Å². The number of hydrogen-bond acceptors (Lipinski definition) is 5. The number of anilines is 1. The van der Waals surface area contributed by atoms with Crippen molar-refractivity contribution in [2.75, 3.05) is 19.8 Å². The number of carbonyl (C=O) groups excluding carboxylic acids is 1. The molecule has 0 aliphatic carbocycles. The van der Waals surface area contributed by atoms with Crippen LogP contribution in [0.4, 0.5) is 5.69 Å². The van der Waals surface area contributed by atoms with Crippen LogP contribution in [0.2, 0.25) is 0 Å². The van der Waals surface area contributed by atoms with Crippen molar-refractivity contribution in [2.24, 2.45) is 0 Å². The highest BCUT2D eigenvalue weighted by atomic mass is 32.1. The van der Waals surface area contributed by atoms with Crippen LogP contribution in [0.25, 0.3) is 5.52 Å². The van der Waals surface area contributed by atoms with Crippen molar-refractivity contribution in [3.8, 4) is 0 Å². The second-order valence-corrected chi connectivity index (χ2v) is 6.89. The lowest BCUT2D eigenvalue weighted by Crippen LogP contribution is -2.22. The summed E-state index contributed by atoms with van der Waals surface area (Å²) in [4.78, 5) is 16.9. The second-order valence-electron chi connectivity index (χ2n) is 5.64.